The van der Waals surface area contributed by atoms with Crippen molar-refractivity contribution in [3.63, 3.8) is 0 Å². The fraction of sp³-hybridized carbons (Fsp3) is 0.398. The van der Waals surface area contributed by atoms with Crippen LogP contribution in [-0.2, 0) is 60.6 Å². The lowest BCUT2D eigenvalue weighted by atomic mass is 9.54. The summed E-state index contributed by atoms with van der Waals surface area (Å²) in [6.07, 6.45) is 3.20. The molecule has 7 aliphatic rings. The van der Waals surface area contributed by atoms with Crippen molar-refractivity contribution in [2.75, 3.05) is 9.80 Å². The first-order valence-corrected chi connectivity index (χ1v) is 35.9. The summed E-state index contributed by atoms with van der Waals surface area (Å²) in [5.74, 6) is -0.0394. The van der Waals surface area contributed by atoms with Crippen LogP contribution in [-0.4, -0.2) is 0 Å². The Morgan fingerprint density at radius 2 is 0.789 bits per heavy atom. The van der Waals surface area contributed by atoms with E-state index in [4.69, 9.17) is 0 Å². The van der Waals surface area contributed by atoms with Crippen LogP contribution in [0.25, 0.3) is 16.8 Å². The van der Waals surface area contributed by atoms with E-state index in [0.29, 0.717) is 0 Å². The van der Waals surface area contributed by atoms with Gasteiger partial charge in [0.1, 0.15) is 0 Å². The van der Waals surface area contributed by atoms with Gasteiger partial charge in [-0.2, -0.15) is 0 Å². The molecule has 0 N–H and O–H groups in total. The lowest BCUT2D eigenvalue weighted by Crippen LogP contribution is -2.41. The van der Waals surface area contributed by atoms with E-state index in [-0.39, 0.29) is 60.1 Å². The van der Waals surface area contributed by atoms with Gasteiger partial charge in [-0.05, 0) is 213 Å². The Morgan fingerprint density at radius 3 is 1.31 bits per heavy atom. The summed E-state index contributed by atoms with van der Waals surface area (Å²) >= 11 is 0. The van der Waals surface area contributed by atoms with E-state index < -0.39 is 0 Å². The standard InChI is InChI=1S/C93H102N2/c1-53-42-79-82-80(43-53)95(77-39-36-57(85(5,6)7)46-59(77)54-32-34-56(35-33-54)84(2,3)4)78-52-76-71(92(20,21)74-50-72-73(51-75(74)93(76,22)23)91(18,19)67-31-27-26-30-66(67)90(72,16)17)49-61(78)81(82)62-44-55-45-69-70(89(14,15)65-29-25-24-28-64(65)88(69,12)13)48-60(55)83(62)94(79)58-37-38-63-68(47-58)87(10,11)41-40-86(63,8)9/h24-39,42-43,45-52,81H,40-41,44H2,1-23H3. The highest BCUT2D eigenvalue weighted by Crippen LogP contribution is 2.67. The lowest BCUT2D eigenvalue weighted by Gasteiger charge is -2.50. The third-order valence-corrected chi connectivity index (χ3v) is 25.9. The molecule has 1 unspecified atom stereocenters. The van der Waals surface area contributed by atoms with Crippen molar-refractivity contribution in [3.05, 3.63) is 280 Å². The van der Waals surface area contributed by atoms with Gasteiger partial charge in [0.25, 0.3) is 0 Å². The van der Waals surface area contributed by atoms with Gasteiger partial charge in [0, 0.05) is 60.8 Å². The zero-order valence-corrected chi connectivity index (χ0v) is 61.6. The first-order valence-electron chi connectivity index (χ1n) is 35.9. The van der Waals surface area contributed by atoms with Crippen LogP contribution in [0.5, 0.6) is 0 Å². The van der Waals surface area contributed by atoms with Crippen molar-refractivity contribution < 1.29 is 0 Å². The molecule has 9 aromatic rings. The molecule has 0 spiro atoms. The van der Waals surface area contributed by atoms with Crippen LogP contribution >= 0.6 is 0 Å². The Hall–Kier alpha value is -7.68. The molecule has 0 fully saturated rings. The van der Waals surface area contributed by atoms with Crippen molar-refractivity contribution in [1.29, 1.82) is 0 Å². The molecule has 9 aromatic carbocycles. The smallest absolute Gasteiger partial charge is 0.0542 e. The lowest BCUT2D eigenvalue weighted by molar-refractivity contribution is 0.332. The van der Waals surface area contributed by atoms with E-state index in [0.717, 1.165) is 12.8 Å². The topological polar surface area (TPSA) is 6.48 Å². The van der Waals surface area contributed by atoms with Crippen LogP contribution in [0.4, 0.5) is 28.4 Å². The molecular formula is C93H102N2. The van der Waals surface area contributed by atoms with E-state index in [1.54, 1.807) is 0 Å². The van der Waals surface area contributed by atoms with Gasteiger partial charge in [0.15, 0.2) is 0 Å². The molecule has 484 valence electrons. The minimum Gasteiger partial charge on any atom is -0.309 e. The maximum atomic E-state index is 2.80. The van der Waals surface area contributed by atoms with Crippen LogP contribution in [0.15, 0.2) is 163 Å². The third kappa shape index (κ3) is 8.46. The van der Waals surface area contributed by atoms with Crippen LogP contribution in [0.3, 0.4) is 0 Å². The second-order valence-electron chi connectivity index (χ2n) is 37.0. The maximum absolute atomic E-state index is 2.80. The van der Waals surface area contributed by atoms with Gasteiger partial charge in [0.05, 0.1) is 28.4 Å². The van der Waals surface area contributed by atoms with Gasteiger partial charge >= 0.3 is 0 Å². The summed E-state index contributed by atoms with van der Waals surface area (Å²) in [7, 11) is 0. The number of hydrogen-bond donors (Lipinski definition) is 0. The average Bonchev–Trinajstić information content (AvgIpc) is 1.62. The monoisotopic (exact) mass is 1250 g/mol. The summed E-state index contributed by atoms with van der Waals surface area (Å²) in [5, 5.41) is 0. The summed E-state index contributed by atoms with van der Waals surface area (Å²) in [6, 6.07) is 64.9. The largest absolute Gasteiger partial charge is 0.309 e. The summed E-state index contributed by atoms with van der Waals surface area (Å²) < 4.78 is 0. The van der Waals surface area contributed by atoms with Crippen molar-refractivity contribution in [1.82, 2.24) is 0 Å². The van der Waals surface area contributed by atoms with Gasteiger partial charge in [0.2, 0.25) is 0 Å². The second-order valence-corrected chi connectivity index (χ2v) is 37.0. The molecule has 2 heterocycles. The molecule has 2 nitrogen and oxygen atoms in total. The predicted molar refractivity (Wildman–Crippen MR) is 404 cm³/mol. The number of benzene rings is 9. The van der Waals surface area contributed by atoms with Gasteiger partial charge in [-0.25, -0.2) is 0 Å². The fourth-order valence-electron chi connectivity index (χ4n) is 19.8. The Balaban J connectivity index is 1.02. The highest BCUT2D eigenvalue weighted by atomic mass is 15.2. The molecule has 5 aliphatic carbocycles. The Kier molecular flexibility index (Phi) is 12.6. The van der Waals surface area contributed by atoms with Gasteiger partial charge in [-0.3, -0.25) is 0 Å². The number of allylic oxidation sites excluding steroid dienone is 1. The van der Waals surface area contributed by atoms with E-state index in [9.17, 15) is 0 Å². The minimum atomic E-state index is -0.352. The zero-order chi connectivity index (χ0) is 67.6. The average molecular weight is 1250 g/mol. The maximum Gasteiger partial charge on any atom is 0.0542 e. The number of anilines is 5. The summed E-state index contributed by atoms with van der Waals surface area (Å²) in [4.78, 5) is 5.57. The normalized spacial score (nSPS) is 20.7. The summed E-state index contributed by atoms with van der Waals surface area (Å²) in [6.45, 7) is 56.5. The molecule has 16 rings (SSSR count). The predicted octanol–water partition coefficient (Wildman–Crippen LogP) is 24.5. The molecule has 1 atom stereocenters. The van der Waals surface area contributed by atoms with E-state index in [2.05, 4.69) is 327 Å². The summed E-state index contributed by atoms with van der Waals surface area (Å²) in [5.41, 5.74) is 40.2. The number of rotatable bonds is 3. The first kappa shape index (κ1) is 62.1. The van der Waals surface area contributed by atoms with E-state index in [1.165, 1.54) is 174 Å². The fourth-order valence-corrected chi connectivity index (χ4v) is 19.8. The molecule has 2 aliphatic heterocycles. The Bertz CT molecular complexity index is 4880. The number of fused-ring (bicyclic) bond motifs is 12. The van der Waals surface area contributed by atoms with Crippen molar-refractivity contribution in [2.24, 2.45) is 0 Å². The number of nitrogens with zero attached hydrogens (tertiary/aromatic N) is 2. The van der Waals surface area contributed by atoms with Crippen molar-refractivity contribution >= 4 is 34.1 Å². The quantitative estimate of drug-likeness (QED) is 0.174. The zero-order valence-electron chi connectivity index (χ0n) is 61.6. The first-order chi connectivity index (χ1) is 44.3. The number of hydrogen-bond acceptors (Lipinski definition) is 2. The molecule has 0 amide bonds. The SMILES string of the molecule is Cc1cc2c3c(c1)N(c1ccc(C(C)(C)C)cc1-c1ccc(C(C)(C)C)cc1)c1cc4c(cc1C3C1=C(c3cc5c(cc3C1)C(C)(C)c1ccccc1C5(C)C)N2c1ccc2c(c1)C(C)(C)CCC2(C)C)C(C)(C)c1cc2c(cc1C4(C)C)C(C)(C)c1ccccc1C2(C)C. The molecule has 0 saturated heterocycles. The van der Waals surface area contributed by atoms with Crippen LogP contribution in [0.1, 0.15) is 288 Å². The molecule has 0 aromatic heterocycles. The molecule has 0 saturated carbocycles. The molecular weight excluding hydrogens is 1150 g/mol. The van der Waals surface area contributed by atoms with Crippen LogP contribution in [0.2, 0.25) is 0 Å². The molecule has 2 heteroatoms. The molecule has 0 radical (unpaired) electrons. The highest BCUT2D eigenvalue weighted by molar-refractivity contribution is 6.04. The van der Waals surface area contributed by atoms with Crippen LogP contribution in [0, 0.1) is 6.92 Å². The minimum absolute atomic E-state index is 0.0164. The van der Waals surface area contributed by atoms with Crippen molar-refractivity contribution in [2.45, 2.75) is 239 Å². The van der Waals surface area contributed by atoms with Gasteiger partial charge in [-0.1, -0.05) is 262 Å². The molecule has 95 heavy (non-hydrogen) atoms. The Labute approximate surface area is 570 Å². The highest BCUT2D eigenvalue weighted by Gasteiger charge is 2.53. The van der Waals surface area contributed by atoms with E-state index in [1.807, 2.05) is 0 Å². The number of aryl methyl sites for hydroxylation is 1. The second kappa shape index (κ2) is 19.3. The molecule has 0 bridgehead atoms. The van der Waals surface area contributed by atoms with Crippen molar-refractivity contribution in [3.8, 4) is 11.1 Å². The van der Waals surface area contributed by atoms with E-state index >= 15 is 0 Å². The van der Waals surface area contributed by atoms with Gasteiger partial charge < -0.3 is 9.80 Å². The Morgan fingerprint density at radius 1 is 0.347 bits per heavy atom. The van der Waals surface area contributed by atoms with Gasteiger partial charge in [-0.15, -0.1) is 0 Å². The third-order valence-electron chi connectivity index (χ3n) is 25.9. The van der Waals surface area contributed by atoms with Crippen LogP contribution < -0.4 is 9.80 Å².